The predicted molar refractivity (Wildman–Crippen MR) is 210 cm³/mol. The minimum atomic E-state index is 0. The van der Waals surface area contributed by atoms with Crippen molar-refractivity contribution in [3.63, 3.8) is 0 Å². The van der Waals surface area contributed by atoms with Gasteiger partial charge in [0, 0.05) is 46.2 Å². The van der Waals surface area contributed by atoms with Crippen molar-refractivity contribution in [1.82, 2.24) is 29.1 Å². The van der Waals surface area contributed by atoms with E-state index in [2.05, 4.69) is 140 Å². The monoisotopic (exact) mass is 873 g/mol. The fourth-order valence-corrected chi connectivity index (χ4v) is 7.58. The summed E-state index contributed by atoms with van der Waals surface area (Å²) in [7, 11) is 0. The number of rotatable bonds is 7. The van der Waals surface area contributed by atoms with Crippen LogP contribution in [-0.2, 0) is 21.1 Å². The average Bonchev–Trinajstić information content (AvgIpc) is 3.88. The minimum absolute atomic E-state index is 0. The van der Waals surface area contributed by atoms with Gasteiger partial charge in [-0.3, -0.25) is 0 Å². The molecule has 4 heterocycles. The number of hydrogen-bond donors (Lipinski definition) is 0. The molecule has 0 N–H and O–H groups in total. The maximum atomic E-state index is 6.36. The van der Waals surface area contributed by atoms with Gasteiger partial charge in [0.2, 0.25) is 0 Å². The zero-order valence-electron chi connectivity index (χ0n) is 30.5. The molecule has 0 atom stereocenters. The summed E-state index contributed by atoms with van der Waals surface area (Å²) < 4.78 is 12.7. The fraction of sp³-hybridized carbons (Fsp3) is 0.178. The Balaban J connectivity index is 0.00000400. The van der Waals surface area contributed by atoms with E-state index < -0.39 is 0 Å². The van der Waals surface area contributed by atoms with Gasteiger partial charge in [-0.1, -0.05) is 68.8 Å². The first-order chi connectivity index (χ1) is 25.2. The van der Waals surface area contributed by atoms with Crippen LogP contribution in [0.1, 0.15) is 61.8 Å². The van der Waals surface area contributed by atoms with Gasteiger partial charge in [-0.25, -0.2) is 9.67 Å². The molecule has 0 aliphatic carbocycles. The van der Waals surface area contributed by atoms with Gasteiger partial charge in [0.15, 0.2) is 0 Å². The predicted octanol–water partition coefficient (Wildman–Crippen LogP) is 11.1. The van der Waals surface area contributed by atoms with Crippen LogP contribution in [0.5, 0.6) is 11.5 Å². The van der Waals surface area contributed by atoms with Crippen molar-refractivity contribution in [2.45, 2.75) is 53.4 Å². The molecule has 0 aliphatic rings. The maximum Gasteiger partial charge on any atom is 2.00 e. The quantitative estimate of drug-likeness (QED) is 0.150. The molecule has 53 heavy (non-hydrogen) atoms. The fourth-order valence-electron chi connectivity index (χ4n) is 7.58. The summed E-state index contributed by atoms with van der Waals surface area (Å²) in [4.78, 5) is 4.99. The van der Waals surface area contributed by atoms with Gasteiger partial charge in [-0.15, -0.1) is 40.8 Å². The van der Waals surface area contributed by atoms with Gasteiger partial charge in [0.25, 0.3) is 0 Å². The van der Waals surface area contributed by atoms with Gasteiger partial charge in [-0.05, 0) is 83.3 Å². The Hall–Kier alpha value is -5.52. The van der Waals surface area contributed by atoms with Crippen LogP contribution in [0.2, 0.25) is 0 Å². The summed E-state index contributed by atoms with van der Waals surface area (Å²) in [5.74, 6) is 2.80. The molecular formula is C45H38N6OPt. The first kappa shape index (κ1) is 34.6. The Kier molecular flexibility index (Phi) is 8.78. The van der Waals surface area contributed by atoms with Gasteiger partial charge in [0.1, 0.15) is 5.82 Å². The molecule has 0 saturated carbocycles. The number of hydrogen-bond acceptors (Lipinski definition) is 4. The number of aromatic nitrogens is 6. The van der Waals surface area contributed by atoms with Gasteiger partial charge in [0.05, 0.1) is 22.9 Å². The third kappa shape index (κ3) is 5.84. The number of aryl methyl sites for hydroxylation is 2. The number of nitrogens with zero attached hydrogens (tertiary/aromatic N) is 6. The van der Waals surface area contributed by atoms with Crippen LogP contribution in [-0.4, -0.2) is 29.1 Å². The van der Waals surface area contributed by atoms with E-state index in [1.165, 1.54) is 44.1 Å². The first-order valence-electron chi connectivity index (χ1n) is 17.8. The van der Waals surface area contributed by atoms with E-state index in [9.17, 15) is 0 Å². The number of fused-ring (bicyclic) bond motifs is 6. The van der Waals surface area contributed by atoms with Crippen LogP contribution >= 0.6 is 0 Å². The van der Waals surface area contributed by atoms with Gasteiger partial charge in [-0.2, -0.15) is 12.1 Å². The molecule has 7 nitrogen and oxygen atoms in total. The Labute approximate surface area is 323 Å². The SMILES string of the molecule is Cc1cc(C(C)C)cc2c3cc(C(C)C)cc(C)c3n(-c3ccnc(-n4c5[c-]c(Oc6[c-]c(-n7ccnn7)ccc6)ccc5c5ccccc54)c3)c12.[Pt+2]. The molecule has 0 spiro atoms. The molecule has 5 aromatic carbocycles. The number of ether oxygens (including phenoxy) is 1. The van der Waals surface area contributed by atoms with Crippen molar-refractivity contribution in [1.29, 1.82) is 0 Å². The van der Waals surface area contributed by atoms with E-state index in [4.69, 9.17) is 9.72 Å². The molecular weight excluding hydrogens is 836 g/mol. The molecule has 0 fully saturated rings. The standard InChI is InChI=1S/C45H38N6O.Pt/c1-27(2)31-20-29(5)44-39(22-31)40-23-32(28(3)4)21-30(6)45(40)50(44)34-16-17-46-43(25-34)51-41-13-8-7-12-37(41)38-15-14-36(26-42(38)51)52-35-11-9-10-33(24-35)49-19-18-47-48-49;/h7-23,25,27-28H,1-6H3;/q-2;+2. The van der Waals surface area contributed by atoms with E-state index in [-0.39, 0.29) is 21.1 Å². The summed E-state index contributed by atoms with van der Waals surface area (Å²) in [6.45, 7) is 13.6. The van der Waals surface area contributed by atoms with E-state index in [0.29, 0.717) is 23.3 Å². The summed E-state index contributed by atoms with van der Waals surface area (Å²) in [6, 6.07) is 38.9. The van der Waals surface area contributed by atoms with E-state index in [1.807, 2.05) is 30.5 Å². The van der Waals surface area contributed by atoms with Crippen LogP contribution in [0, 0.1) is 26.0 Å². The van der Waals surface area contributed by atoms with Crippen molar-refractivity contribution in [2.75, 3.05) is 0 Å². The molecule has 8 heteroatoms. The second-order valence-corrected chi connectivity index (χ2v) is 14.3. The van der Waals surface area contributed by atoms with Gasteiger partial charge >= 0.3 is 21.1 Å². The molecule has 4 aromatic heterocycles. The van der Waals surface area contributed by atoms with Crippen molar-refractivity contribution in [2.24, 2.45) is 0 Å². The smallest absolute Gasteiger partial charge is 0.509 e. The van der Waals surface area contributed by atoms with Crippen LogP contribution in [0.4, 0.5) is 0 Å². The van der Waals surface area contributed by atoms with Crippen molar-refractivity contribution in [3.05, 3.63) is 144 Å². The molecule has 0 amide bonds. The normalized spacial score (nSPS) is 11.8. The first-order valence-corrected chi connectivity index (χ1v) is 17.8. The minimum Gasteiger partial charge on any atom is -0.509 e. The molecule has 0 saturated heterocycles. The molecule has 9 aromatic rings. The third-order valence-corrected chi connectivity index (χ3v) is 10.1. The molecule has 0 bridgehead atoms. The zero-order chi connectivity index (χ0) is 35.7. The molecule has 0 aliphatic heterocycles. The van der Waals surface area contributed by atoms with E-state index >= 15 is 0 Å². The third-order valence-electron chi connectivity index (χ3n) is 10.1. The molecule has 0 radical (unpaired) electrons. The topological polar surface area (TPSA) is 62.7 Å². The Morgan fingerprint density at radius 3 is 2.02 bits per heavy atom. The van der Waals surface area contributed by atoms with E-state index in [1.54, 1.807) is 17.1 Å². The zero-order valence-corrected chi connectivity index (χ0v) is 32.7. The summed E-state index contributed by atoms with van der Waals surface area (Å²) in [5, 5.41) is 12.8. The molecule has 9 rings (SSSR count). The Morgan fingerprint density at radius 1 is 0.642 bits per heavy atom. The molecule has 264 valence electrons. The van der Waals surface area contributed by atoms with Crippen LogP contribution in [0.15, 0.2) is 110 Å². The van der Waals surface area contributed by atoms with Crippen molar-refractivity contribution >= 4 is 43.6 Å². The largest absolute Gasteiger partial charge is 2.00 e. The number of pyridine rings is 1. The Morgan fingerprint density at radius 2 is 1.34 bits per heavy atom. The number of benzene rings is 5. The van der Waals surface area contributed by atoms with Crippen LogP contribution < -0.4 is 4.74 Å². The Bertz CT molecular complexity index is 2740. The summed E-state index contributed by atoms with van der Waals surface area (Å²) >= 11 is 0. The second kappa shape index (κ2) is 13.5. The van der Waals surface area contributed by atoms with Crippen LogP contribution in [0.3, 0.4) is 0 Å². The second-order valence-electron chi connectivity index (χ2n) is 14.3. The molecule has 0 unspecified atom stereocenters. The number of para-hydroxylation sites is 1. The summed E-state index contributed by atoms with van der Waals surface area (Å²) in [6.07, 6.45) is 5.34. The maximum absolute atomic E-state index is 6.36. The summed E-state index contributed by atoms with van der Waals surface area (Å²) in [5.41, 5.74) is 11.4. The van der Waals surface area contributed by atoms with Crippen LogP contribution in [0.25, 0.3) is 60.8 Å². The van der Waals surface area contributed by atoms with Crippen molar-refractivity contribution in [3.8, 4) is 28.7 Å². The van der Waals surface area contributed by atoms with E-state index in [0.717, 1.165) is 39.0 Å². The van der Waals surface area contributed by atoms with Crippen molar-refractivity contribution < 1.29 is 25.8 Å². The average molecular weight is 874 g/mol. The van der Waals surface area contributed by atoms with Gasteiger partial charge < -0.3 is 13.9 Å².